The predicted octanol–water partition coefficient (Wildman–Crippen LogP) is 1.54. The fourth-order valence-corrected chi connectivity index (χ4v) is 1.97. The molecule has 1 heterocycles. The highest BCUT2D eigenvalue weighted by molar-refractivity contribution is 5.87. The minimum atomic E-state index is -4.54. The molecule has 1 N–H and O–H groups in total. The van der Waals surface area contributed by atoms with Crippen molar-refractivity contribution in [2.75, 3.05) is 0 Å². The summed E-state index contributed by atoms with van der Waals surface area (Å²) in [7, 11) is 0. The number of carbonyl (C=O) groups is 1. The predicted molar refractivity (Wildman–Crippen MR) is 59.6 cm³/mol. The molecule has 2 rings (SSSR count). The number of allylic oxidation sites excluding steroid dienone is 1. The first-order valence-electron chi connectivity index (χ1n) is 5.41. The third-order valence-corrected chi connectivity index (χ3v) is 2.80. The van der Waals surface area contributed by atoms with E-state index >= 15 is 0 Å². The zero-order valence-electron chi connectivity index (χ0n) is 9.57. The molecule has 0 aliphatic carbocycles. The van der Waals surface area contributed by atoms with Crippen molar-refractivity contribution in [1.29, 1.82) is 0 Å². The van der Waals surface area contributed by atoms with Gasteiger partial charge in [-0.15, -0.1) is 0 Å². The van der Waals surface area contributed by atoms with Crippen LogP contribution in [0.15, 0.2) is 48.3 Å². The summed E-state index contributed by atoms with van der Waals surface area (Å²) >= 11 is 0. The third-order valence-electron chi connectivity index (χ3n) is 2.80. The number of nitrogens with one attached hydrogen (secondary N) is 1. The molecule has 100 valence electrons. The Labute approximate surface area is 107 Å². The van der Waals surface area contributed by atoms with E-state index < -0.39 is 23.6 Å². The van der Waals surface area contributed by atoms with E-state index in [1.54, 1.807) is 0 Å². The lowest BCUT2D eigenvalue weighted by Gasteiger charge is -2.24. The number of dihydropyridines is 1. The molecule has 1 unspecified atom stereocenters. The average Bonchev–Trinajstić information content (AvgIpc) is 2.37. The van der Waals surface area contributed by atoms with Crippen LogP contribution in [-0.2, 0) is 11.0 Å². The zero-order valence-corrected chi connectivity index (χ0v) is 9.57. The molecule has 1 aliphatic heterocycles. The van der Waals surface area contributed by atoms with Crippen molar-refractivity contribution in [3.8, 4) is 0 Å². The molecular formula is C13H9F3NO2-. The largest absolute Gasteiger partial charge is 0.545 e. The van der Waals surface area contributed by atoms with Gasteiger partial charge in [-0.05, 0) is 17.8 Å². The maximum absolute atomic E-state index is 12.9. The number of carboxylic acid groups (broad SMARTS) is 1. The maximum atomic E-state index is 12.9. The number of hydrogen-bond donors (Lipinski definition) is 1. The Bertz CT molecular complexity index is 561. The standard InChI is InChI=1S/C13H10F3NO2/c14-13(15,16)11-4-2-1-3-9(11)8-5-6-17-7-10(8)12(18)19/h1-8,17H,(H,18,19)/p-1. The van der Waals surface area contributed by atoms with Crippen molar-refractivity contribution in [1.82, 2.24) is 5.32 Å². The third kappa shape index (κ3) is 2.62. The fraction of sp³-hybridized carbons (Fsp3) is 0.154. The average molecular weight is 268 g/mol. The number of aliphatic carboxylic acids is 1. The van der Waals surface area contributed by atoms with Crippen molar-refractivity contribution in [2.45, 2.75) is 12.1 Å². The van der Waals surface area contributed by atoms with Gasteiger partial charge in [-0.1, -0.05) is 24.3 Å². The van der Waals surface area contributed by atoms with Crippen LogP contribution in [0.5, 0.6) is 0 Å². The molecule has 0 fully saturated rings. The molecule has 1 aromatic rings. The Balaban J connectivity index is 2.52. The van der Waals surface area contributed by atoms with Crippen LogP contribution in [0, 0.1) is 0 Å². The van der Waals surface area contributed by atoms with Gasteiger partial charge >= 0.3 is 6.18 Å². The zero-order chi connectivity index (χ0) is 14.0. The molecule has 1 aliphatic rings. The van der Waals surface area contributed by atoms with Gasteiger partial charge in [0.1, 0.15) is 0 Å². The van der Waals surface area contributed by atoms with Crippen LogP contribution in [0.4, 0.5) is 13.2 Å². The quantitative estimate of drug-likeness (QED) is 0.885. The molecule has 1 aromatic carbocycles. The van der Waals surface area contributed by atoms with Crippen molar-refractivity contribution < 1.29 is 23.1 Å². The summed E-state index contributed by atoms with van der Waals surface area (Å²) in [5, 5.41) is 13.5. The van der Waals surface area contributed by atoms with Gasteiger partial charge in [-0.3, -0.25) is 0 Å². The van der Waals surface area contributed by atoms with E-state index in [-0.39, 0.29) is 11.1 Å². The Morgan fingerprint density at radius 3 is 2.58 bits per heavy atom. The van der Waals surface area contributed by atoms with Gasteiger partial charge in [0.25, 0.3) is 0 Å². The molecule has 19 heavy (non-hydrogen) atoms. The van der Waals surface area contributed by atoms with E-state index in [1.165, 1.54) is 30.5 Å². The molecule has 0 amide bonds. The number of hydrogen-bond acceptors (Lipinski definition) is 3. The first-order valence-corrected chi connectivity index (χ1v) is 5.41. The van der Waals surface area contributed by atoms with Crippen LogP contribution >= 0.6 is 0 Å². The van der Waals surface area contributed by atoms with Gasteiger partial charge < -0.3 is 15.2 Å². The van der Waals surface area contributed by atoms with E-state index in [1.807, 2.05) is 0 Å². The first-order chi connectivity index (χ1) is 8.91. The van der Waals surface area contributed by atoms with Crippen molar-refractivity contribution in [3.63, 3.8) is 0 Å². The van der Waals surface area contributed by atoms with Crippen LogP contribution in [0.25, 0.3) is 0 Å². The monoisotopic (exact) mass is 268 g/mol. The summed E-state index contributed by atoms with van der Waals surface area (Å²) < 4.78 is 38.7. The summed E-state index contributed by atoms with van der Waals surface area (Å²) in [5.41, 5.74) is -1.19. The summed E-state index contributed by atoms with van der Waals surface area (Å²) in [6.07, 6.45) is -0.653. The summed E-state index contributed by atoms with van der Waals surface area (Å²) in [6.45, 7) is 0. The second-order valence-corrected chi connectivity index (χ2v) is 3.98. The Morgan fingerprint density at radius 2 is 1.95 bits per heavy atom. The minimum absolute atomic E-state index is 0.108. The van der Waals surface area contributed by atoms with E-state index in [2.05, 4.69) is 5.32 Å². The van der Waals surface area contributed by atoms with Crippen LogP contribution in [-0.4, -0.2) is 5.97 Å². The molecule has 0 bridgehead atoms. The molecule has 0 spiro atoms. The van der Waals surface area contributed by atoms with Crippen LogP contribution in [0.2, 0.25) is 0 Å². The number of carboxylic acids is 1. The van der Waals surface area contributed by atoms with Gasteiger partial charge in [-0.2, -0.15) is 13.2 Å². The number of alkyl halides is 3. The topological polar surface area (TPSA) is 52.2 Å². The van der Waals surface area contributed by atoms with Crippen molar-refractivity contribution in [3.05, 3.63) is 59.4 Å². The smallest absolute Gasteiger partial charge is 0.416 e. The van der Waals surface area contributed by atoms with E-state index in [4.69, 9.17) is 0 Å². The van der Waals surface area contributed by atoms with Gasteiger partial charge in [0.15, 0.2) is 0 Å². The van der Waals surface area contributed by atoms with Crippen LogP contribution < -0.4 is 10.4 Å². The summed E-state index contributed by atoms with van der Waals surface area (Å²) in [6, 6.07) is 4.89. The lowest BCUT2D eigenvalue weighted by atomic mass is 9.87. The number of rotatable bonds is 2. The molecule has 1 atom stereocenters. The molecule has 0 saturated carbocycles. The Morgan fingerprint density at radius 1 is 1.26 bits per heavy atom. The molecule has 0 aromatic heterocycles. The van der Waals surface area contributed by atoms with Gasteiger partial charge in [0, 0.05) is 17.7 Å². The summed E-state index contributed by atoms with van der Waals surface area (Å²) in [5.74, 6) is -2.48. The van der Waals surface area contributed by atoms with Gasteiger partial charge in [-0.25, -0.2) is 0 Å². The van der Waals surface area contributed by atoms with Gasteiger partial charge in [0.2, 0.25) is 0 Å². The number of carbonyl (C=O) groups excluding carboxylic acids is 1. The van der Waals surface area contributed by atoms with E-state index in [9.17, 15) is 23.1 Å². The van der Waals surface area contributed by atoms with Crippen molar-refractivity contribution >= 4 is 5.97 Å². The SMILES string of the molecule is O=C([O-])C1=CNC=CC1c1ccccc1C(F)(F)F. The van der Waals surface area contributed by atoms with Gasteiger partial charge in [0.05, 0.1) is 11.5 Å². The van der Waals surface area contributed by atoms with Crippen LogP contribution in [0.1, 0.15) is 17.0 Å². The molecule has 3 nitrogen and oxygen atoms in total. The second-order valence-electron chi connectivity index (χ2n) is 3.98. The normalized spacial score (nSPS) is 18.7. The number of halogens is 3. The molecule has 6 heteroatoms. The Kier molecular flexibility index (Phi) is 3.33. The molecule has 0 radical (unpaired) electrons. The van der Waals surface area contributed by atoms with E-state index in [0.717, 1.165) is 12.3 Å². The summed E-state index contributed by atoms with van der Waals surface area (Å²) in [4.78, 5) is 11.0. The van der Waals surface area contributed by atoms with Crippen LogP contribution in [0.3, 0.4) is 0 Å². The second kappa shape index (κ2) is 4.79. The Hall–Kier alpha value is -2.24. The fourth-order valence-electron chi connectivity index (χ4n) is 1.97. The highest BCUT2D eigenvalue weighted by Gasteiger charge is 2.35. The lowest BCUT2D eigenvalue weighted by molar-refractivity contribution is -0.299. The van der Waals surface area contributed by atoms with Crippen molar-refractivity contribution in [2.24, 2.45) is 0 Å². The maximum Gasteiger partial charge on any atom is 0.416 e. The first kappa shape index (κ1) is 13.2. The highest BCUT2D eigenvalue weighted by atomic mass is 19.4. The number of benzene rings is 1. The highest BCUT2D eigenvalue weighted by Crippen LogP contribution is 2.38. The lowest BCUT2D eigenvalue weighted by Crippen LogP contribution is -2.30. The molecular weight excluding hydrogens is 259 g/mol. The molecule has 0 saturated heterocycles. The minimum Gasteiger partial charge on any atom is -0.545 e. The van der Waals surface area contributed by atoms with E-state index in [0.29, 0.717) is 0 Å².